The van der Waals surface area contributed by atoms with Gasteiger partial charge in [-0.15, -0.1) is 0 Å². The number of carbonyl (C=O) groups is 2. The van der Waals surface area contributed by atoms with Gasteiger partial charge in [0.15, 0.2) is 0 Å². The lowest BCUT2D eigenvalue weighted by Gasteiger charge is -2.20. The van der Waals surface area contributed by atoms with Gasteiger partial charge in [0.2, 0.25) is 5.91 Å². The summed E-state index contributed by atoms with van der Waals surface area (Å²) >= 11 is 0. The molecule has 2 atom stereocenters. The van der Waals surface area contributed by atoms with Crippen molar-refractivity contribution >= 4 is 11.9 Å². The Morgan fingerprint density at radius 1 is 0.386 bits per heavy atom. The van der Waals surface area contributed by atoms with E-state index in [9.17, 15) is 19.8 Å². The Hall–Kier alpha value is -1.66. The van der Waals surface area contributed by atoms with Crippen molar-refractivity contribution in [2.75, 3.05) is 13.2 Å². The molecule has 0 aromatic heterocycles. The molecule has 0 fully saturated rings. The summed E-state index contributed by atoms with van der Waals surface area (Å²) < 4.78 is 5.48. The molecule has 0 saturated carbocycles. The zero-order valence-corrected chi connectivity index (χ0v) is 47.3. The van der Waals surface area contributed by atoms with Crippen molar-refractivity contribution in [3.8, 4) is 0 Å². The summed E-state index contributed by atoms with van der Waals surface area (Å²) in [4.78, 5) is 24.5. The molecule has 1 amide bonds. The summed E-state index contributed by atoms with van der Waals surface area (Å²) in [7, 11) is 0. The molecule has 0 aromatic rings. The molecule has 0 heterocycles. The fraction of sp³-hybridized carbons (Fsp3) is 0.906. The minimum atomic E-state index is -0.846. The zero-order valence-electron chi connectivity index (χ0n) is 47.3. The van der Waals surface area contributed by atoms with Crippen molar-refractivity contribution in [3.05, 3.63) is 24.3 Å². The van der Waals surface area contributed by atoms with E-state index in [0.29, 0.717) is 19.4 Å². The number of rotatable bonds is 59. The number of unbranched alkanes of at least 4 members (excludes halogenated alkanes) is 46. The van der Waals surface area contributed by atoms with Gasteiger partial charge in [-0.1, -0.05) is 301 Å². The molecule has 6 heteroatoms. The maximum Gasteiger partial charge on any atom is 0.305 e. The highest BCUT2D eigenvalue weighted by atomic mass is 16.5. The van der Waals surface area contributed by atoms with Crippen LogP contribution in [0.3, 0.4) is 0 Å². The van der Waals surface area contributed by atoms with Crippen LogP contribution in [0.4, 0.5) is 0 Å². The number of aliphatic hydroxyl groups excluding tert-OH is 2. The Labute approximate surface area is 437 Å². The molecule has 0 spiro atoms. The van der Waals surface area contributed by atoms with E-state index < -0.39 is 12.1 Å². The second-order valence-corrected chi connectivity index (χ2v) is 21.7. The number of ether oxygens (including phenoxy) is 1. The predicted molar refractivity (Wildman–Crippen MR) is 306 cm³/mol. The molecule has 0 rings (SSSR count). The van der Waals surface area contributed by atoms with E-state index in [2.05, 4.69) is 31.3 Å². The molecule has 0 aliphatic carbocycles. The number of amides is 1. The predicted octanol–water partition coefficient (Wildman–Crippen LogP) is 19.8. The molecule has 0 saturated heterocycles. The number of aliphatic hydroxyl groups is 2. The molecule has 3 N–H and O–H groups in total. The largest absolute Gasteiger partial charge is 0.466 e. The van der Waals surface area contributed by atoms with Gasteiger partial charge in [0, 0.05) is 12.8 Å². The van der Waals surface area contributed by atoms with E-state index in [1.807, 2.05) is 6.08 Å². The summed E-state index contributed by atoms with van der Waals surface area (Å²) in [5, 5.41) is 23.2. The van der Waals surface area contributed by atoms with Crippen molar-refractivity contribution in [1.29, 1.82) is 0 Å². The fourth-order valence-corrected chi connectivity index (χ4v) is 9.87. The van der Waals surface area contributed by atoms with Crippen molar-refractivity contribution in [2.45, 2.75) is 360 Å². The third kappa shape index (κ3) is 55.7. The molecule has 414 valence electrons. The Kier molecular flexibility index (Phi) is 58.5. The van der Waals surface area contributed by atoms with E-state index in [0.717, 1.165) is 44.9 Å². The topological polar surface area (TPSA) is 95.9 Å². The van der Waals surface area contributed by atoms with Crippen molar-refractivity contribution in [3.63, 3.8) is 0 Å². The number of allylic oxidation sites excluding steroid dienone is 3. The van der Waals surface area contributed by atoms with Crippen molar-refractivity contribution in [2.24, 2.45) is 0 Å². The molecular weight excluding hydrogens is 863 g/mol. The van der Waals surface area contributed by atoms with Crippen LogP contribution in [0.5, 0.6) is 0 Å². The Morgan fingerprint density at radius 3 is 1.01 bits per heavy atom. The van der Waals surface area contributed by atoms with Crippen LogP contribution in [-0.4, -0.2) is 47.4 Å². The van der Waals surface area contributed by atoms with Gasteiger partial charge >= 0.3 is 5.97 Å². The van der Waals surface area contributed by atoms with Crippen LogP contribution in [0.15, 0.2) is 24.3 Å². The second-order valence-electron chi connectivity index (χ2n) is 21.7. The molecule has 0 bridgehead atoms. The highest BCUT2D eigenvalue weighted by Gasteiger charge is 2.18. The Morgan fingerprint density at radius 2 is 0.671 bits per heavy atom. The molecule has 0 aliphatic rings. The summed E-state index contributed by atoms with van der Waals surface area (Å²) in [6, 6.07) is -0.630. The molecule has 0 radical (unpaired) electrons. The SMILES string of the molecule is CCCCCCC/C=C\CCCCCCCC(=O)OCCCCCCCCCCCCCCCCCCCCCCC(=O)NC(CO)C(O)/C=C/CCCCCCCCCCCCCCCCCCC. The third-order valence-corrected chi connectivity index (χ3v) is 14.7. The number of carbonyl (C=O) groups excluding carboxylic acids is 2. The first-order valence-corrected chi connectivity index (χ1v) is 31.6. The van der Waals surface area contributed by atoms with Gasteiger partial charge < -0.3 is 20.3 Å². The second kappa shape index (κ2) is 59.9. The third-order valence-electron chi connectivity index (χ3n) is 14.7. The number of esters is 1. The van der Waals surface area contributed by atoms with Gasteiger partial charge in [-0.05, 0) is 57.8 Å². The summed E-state index contributed by atoms with van der Waals surface area (Å²) in [6.45, 7) is 4.91. The molecule has 2 unspecified atom stereocenters. The van der Waals surface area contributed by atoms with Crippen LogP contribution < -0.4 is 5.32 Å². The maximum absolute atomic E-state index is 12.5. The van der Waals surface area contributed by atoms with Crippen LogP contribution in [0.1, 0.15) is 348 Å². The first-order chi connectivity index (χ1) is 34.5. The molecular formula is C64H123NO5. The fourth-order valence-electron chi connectivity index (χ4n) is 9.87. The Bertz CT molecular complexity index is 1090. The summed E-state index contributed by atoms with van der Waals surface area (Å²) in [5.41, 5.74) is 0. The first kappa shape index (κ1) is 68.3. The lowest BCUT2D eigenvalue weighted by molar-refractivity contribution is -0.143. The average molecular weight is 987 g/mol. The van der Waals surface area contributed by atoms with Gasteiger partial charge in [-0.2, -0.15) is 0 Å². The first-order valence-electron chi connectivity index (χ1n) is 31.6. The minimum absolute atomic E-state index is 0.00188. The summed E-state index contributed by atoms with van der Waals surface area (Å²) in [6.07, 6.45) is 73.6. The smallest absolute Gasteiger partial charge is 0.305 e. The quantitative estimate of drug-likeness (QED) is 0.0321. The lowest BCUT2D eigenvalue weighted by Crippen LogP contribution is -2.45. The van der Waals surface area contributed by atoms with E-state index in [-0.39, 0.29) is 18.5 Å². The molecule has 70 heavy (non-hydrogen) atoms. The van der Waals surface area contributed by atoms with E-state index in [1.165, 1.54) is 276 Å². The number of hydrogen-bond acceptors (Lipinski definition) is 5. The van der Waals surface area contributed by atoms with Crippen LogP contribution in [0.25, 0.3) is 0 Å². The lowest BCUT2D eigenvalue weighted by atomic mass is 10.0. The average Bonchev–Trinajstić information content (AvgIpc) is 3.36. The molecule has 6 nitrogen and oxygen atoms in total. The van der Waals surface area contributed by atoms with Gasteiger partial charge in [-0.25, -0.2) is 0 Å². The van der Waals surface area contributed by atoms with Crippen LogP contribution in [0, 0.1) is 0 Å². The van der Waals surface area contributed by atoms with Crippen LogP contribution in [0.2, 0.25) is 0 Å². The van der Waals surface area contributed by atoms with Crippen LogP contribution >= 0.6 is 0 Å². The Balaban J connectivity index is 3.42. The van der Waals surface area contributed by atoms with Gasteiger partial charge in [0.1, 0.15) is 0 Å². The van der Waals surface area contributed by atoms with Gasteiger partial charge in [0.05, 0.1) is 25.4 Å². The maximum atomic E-state index is 12.5. The normalized spacial score (nSPS) is 12.7. The van der Waals surface area contributed by atoms with Crippen LogP contribution in [-0.2, 0) is 14.3 Å². The minimum Gasteiger partial charge on any atom is -0.466 e. The highest BCUT2D eigenvalue weighted by molar-refractivity contribution is 5.76. The van der Waals surface area contributed by atoms with Crippen molar-refractivity contribution < 1.29 is 24.5 Å². The number of hydrogen-bond donors (Lipinski definition) is 3. The summed E-state index contributed by atoms with van der Waals surface area (Å²) in [5.74, 6) is -0.0652. The molecule has 0 aliphatic heterocycles. The van der Waals surface area contributed by atoms with E-state index >= 15 is 0 Å². The van der Waals surface area contributed by atoms with Crippen molar-refractivity contribution in [1.82, 2.24) is 5.32 Å². The van der Waals surface area contributed by atoms with Gasteiger partial charge in [0.25, 0.3) is 0 Å². The zero-order chi connectivity index (χ0) is 50.7. The van der Waals surface area contributed by atoms with E-state index in [1.54, 1.807) is 6.08 Å². The van der Waals surface area contributed by atoms with E-state index in [4.69, 9.17) is 4.74 Å². The van der Waals surface area contributed by atoms with Gasteiger partial charge in [-0.3, -0.25) is 9.59 Å². The molecule has 0 aromatic carbocycles. The highest BCUT2D eigenvalue weighted by Crippen LogP contribution is 2.18. The monoisotopic (exact) mass is 986 g/mol. The standard InChI is InChI=1S/C64H123NO5/c1-3-5-7-9-11-13-15-17-19-20-23-26-29-32-36-40-44-48-52-56-62(67)61(60-66)65-63(68)57-53-49-45-41-37-33-30-27-24-21-22-25-28-31-35-39-43-47-51-55-59-70-64(69)58-54-50-46-42-38-34-18-16-14-12-10-8-6-4-2/h16,18,52,56,61-62,66-67H,3-15,17,19-51,53-55,57-60H2,1-2H3,(H,65,68)/b18-16-,56-52+. The number of nitrogens with one attached hydrogen (secondary N) is 1.